The van der Waals surface area contributed by atoms with Crippen molar-refractivity contribution >= 4 is 33.0 Å². The van der Waals surface area contributed by atoms with Crippen molar-refractivity contribution in [3.05, 3.63) is 6.33 Å². The summed E-state index contributed by atoms with van der Waals surface area (Å²) in [6.45, 7) is 0.762. The molecule has 1 aliphatic heterocycles. The Kier molecular flexibility index (Phi) is 4.10. The molecule has 1 fully saturated rings. The van der Waals surface area contributed by atoms with E-state index in [1.807, 2.05) is 0 Å². The van der Waals surface area contributed by atoms with Crippen molar-refractivity contribution < 1.29 is 28.5 Å². The third-order valence-corrected chi connectivity index (χ3v) is 4.39. The van der Waals surface area contributed by atoms with E-state index in [-0.39, 0.29) is 29.6 Å². The number of anilines is 1. The highest BCUT2D eigenvalue weighted by Gasteiger charge is 2.65. The predicted molar refractivity (Wildman–Crippen MR) is 80.7 cm³/mol. The van der Waals surface area contributed by atoms with Crippen molar-refractivity contribution in [2.45, 2.75) is 29.7 Å². The first-order chi connectivity index (χ1) is 11.2. The number of nitrogens with zero attached hydrogens (tertiary/aromatic N) is 4. The summed E-state index contributed by atoms with van der Waals surface area (Å²) in [5.74, 6) is -3.09. The molecular weight excluding hydrogens is 396 g/mol. The van der Waals surface area contributed by atoms with E-state index in [9.17, 15) is 13.9 Å². The number of halogens is 3. The molecule has 2 aromatic heterocycles. The van der Waals surface area contributed by atoms with E-state index in [2.05, 4.69) is 30.9 Å². The zero-order valence-electron chi connectivity index (χ0n) is 12.4. The zero-order chi connectivity index (χ0) is 17.7. The second-order valence-electron chi connectivity index (χ2n) is 5.14. The normalized spacial score (nSPS) is 33.2. The van der Waals surface area contributed by atoms with Gasteiger partial charge in [-0.1, -0.05) is 0 Å². The third kappa shape index (κ3) is 2.41. The number of nitrogen functional groups attached to an aromatic ring is 1. The maximum absolute atomic E-state index is 14.8. The number of aliphatic hydroxyl groups excluding tert-OH is 2. The van der Waals surface area contributed by atoms with Crippen LogP contribution in [0.1, 0.15) is 13.2 Å². The average Bonchev–Trinajstić information content (AvgIpc) is 3.01. The summed E-state index contributed by atoms with van der Waals surface area (Å²) >= 11 is 2.62. The lowest BCUT2D eigenvalue weighted by Crippen LogP contribution is -2.44. The summed E-state index contributed by atoms with van der Waals surface area (Å²) in [4.78, 5) is 11.8. The Morgan fingerprint density at radius 3 is 2.79 bits per heavy atom. The van der Waals surface area contributed by atoms with E-state index >= 15 is 0 Å². The van der Waals surface area contributed by atoms with E-state index in [0.717, 1.165) is 10.9 Å². The van der Waals surface area contributed by atoms with E-state index in [0.29, 0.717) is 0 Å². The van der Waals surface area contributed by atoms with Crippen molar-refractivity contribution in [1.29, 1.82) is 0 Å². The summed E-state index contributed by atoms with van der Waals surface area (Å²) in [6.07, 6.45) is -2.88. The first-order valence-corrected chi connectivity index (χ1v) is 7.70. The number of aromatic nitrogens is 4. The van der Waals surface area contributed by atoms with Gasteiger partial charge in [-0.2, -0.15) is 9.97 Å². The lowest BCUT2D eigenvalue weighted by molar-refractivity contribution is -0.206. The molecule has 3 heterocycles. The molecule has 1 aliphatic rings. The summed E-state index contributed by atoms with van der Waals surface area (Å²) in [6, 6.07) is 0. The summed E-state index contributed by atoms with van der Waals surface area (Å²) < 4.78 is 37.7. The van der Waals surface area contributed by atoms with Crippen molar-refractivity contribution in [2.24, 2.45) is 0 Å². The first-order valence-electron chi connectivity index (χ1n) is 6.91. The van der Waals surface area contributed by atoms with Gasteiger partial charge < -0.3 is 25.4 Å². The van der Waals surface area contributed by atoms with Gasteiger partial charge in [0, 0.05) is 0 Å². The molecule has 1 saturated heterocycles. The molecular formula is C12H14BrF2N5O4. The van der Waals surface area contributed by atoms with Gasteiger partial charge in [-0.15, -0.1) is 0 Å². The molecule has 4 atom stereocenters. The molecule has 0 bridgehead atoms. The summed E-state index contributed by atoms with van der Waals surface area (Å²) in [5.41, 5.74) is 5.78. The lowest BCUT2D eigenvalue weighted by atomic mass is 10.1. The Morgan fingerprint density at radius 1 is 1.50 bits per heavy atom. The molecule has 4 N–H and O–H groups in total. The summed E-state index contributed by atoms with van der Waals surface area (Å²) in [7, 11) is 0. The summed E-state index contributed by atoms with van der Waals surface area (Å²) in [5, 5.41) is 18.9. The molecule has 0 unspecified atom stereocenters. The van der Waals surface area contributed by atoms with E-state index in [4.69, 9.17) is 20.3 Å². The van der Waals surface area contributed by atoms with Crippen LogP contribution in [0.15, 0.2) is 6.33 Å². The number of rotatable bonds is 4. The fraction of sp³-hybridized carbons (Fsp3) is 0.583. The van der Waals surface area contributed by atoms with Crippen LogP contribution in [0, 0.1) is 0 Å². The second kappa shape index (κ2) is 5.72. The standard InChI is InChI=1S/C12H14BrF2N5O4/c1-2-23-7-5-6(18-10(16)19-7)20(4-17-5)9-12(13,15)8(22)11(14,3-21)24-9/h4,8-9,21-22H,2-3H2,1H3,(H2,16,18,19)/t8-,9-,11-,12-/m1/s1. The second-order valence-corrected chi connectivity index (χ2v) is 6.35. The van der Waals surface area contributed by atoms with Gasteiger partial charge in [-0.25, -0.2) is 13.8 Å². The lowest BCUT2D eigenvalue weighted by Gasteiger charge is -2.22. The van der Waals surface area contributed by atoms with Gasteiger partial charge in [0.25, 0.3) is 5.85 Å². The molecule has 24 heavy (non-hydrogen) atoms. The van der Waals surface area contributed by atoms with Crippen LogP contribution in [0.4, 0.5) is 14.7 Å². The Bertz CT molecular complexity index is 775. The Morgan fingerprint density at radius 2 is 2.21 bits per heavy atom. The molecule has 0 saturated carbocycles. The maximum Gasteiger partial charge on any atom is 0.264 e. The van der Waals surface area contributed by atoms with Crippen molar-refractivity contribution in [3.63, 3.8) is 0 Å². The number of aliphatic hydroxyl groups is 2. The van der Waals surface area contributed by atoms with E-state index in [1.165, 1.54) is 0 Å². The Labute approximate surface area is 142 Å². The van der Waals surface area contributed by atoms with E-state index in [1.54, 1.807) is 6.92 Å². The molecule has 132 valence electrons. The van der Waals surface area contributed by atoms with Gasteiger partial charge in [-0.3, -0.25) is 4.57 Å². The van der Waals surface area contributed by atoms with Gasteiger partial charge >= 0.3 is 0 Å². The number of alkyl halides is 3. The number of hydrogen-bond donors (Lipinski definition) is 3. The molecule has 0 amide bonds. The number of nitrogens with two attached hydrogens (primary N) is 1. The van der Waals surface area contributed by atoms with Gasteiger partial charge in [-0.05, 0) is 22.9 Å². The Balaban J connectivity index is 2.13. The van der Waals surface area contributed by atoms with Gasteiger partial charge in [0.05, 0.1) is 12.9 Å². The van der Waals surface area contributed by atoms with Crippen LogP contribution in [0.25, 0.3) is 11.2 Å². The predicted octanol–water partition coefficient (Wildman–Crippen LogP) is 0.416. The minimum absolute atomic E-state index is 0.0202. The molecule has 9 nitrogen and oxygen atoms in total. The fourth-order valence-electron chi connectivity index (χ4n) is 2.43. The fourth-order valence-corrected chi connectivity index (χ4v) is 3.09. The largest absolute Gasteiger partial charge is 0.476 e. The third-order valence-electron chi connectivity index (χ3n) is 3.57. The molecule has 12 heteroatoms. The van der Waals surface area contributed by atoms with Crippen LogP contribution in [0.5, 0.6) is 5.88 Å². The van der Waals surface area contributed by atoms with Crippen LogP contribution in [0.3, 0.4) is 0 Å². The average molecular weight is 410 g/mol. The van der Waals surface area contributed by atoms with Gasteiger partial charge in [0.1, 0.15) is 6.61 Å². The van der Waals surface area contributed by atoms with Crippen LogP contribution in [-0.4, -0.2) is 59.5 Å². The number of imidazole rings is 1. The number of ether oxygens (including phenoxy) is 2. The van der Waals surface area contributed by atoms with Gasteiger partial charge in [0.2, 0.25) is 16.4 Å². The number of hydrogen-bond acceptors (Lipinski definition) is 8. The highest BCUT2D eigenvalue weighted by molar-refractivity contribution is 9.10. The smallest absolute Gasteiger partial charge is 0.264 e. The molecule has 0 aliphatic carbocycles. The highest BCUT2D eigenvalue weighted by Crippen LogP contribution is 2.51. The monoisotopic (exact) mass is 409 g/mol. The number of fused-ring (bicyclic) bond motifs is 1. The topological polar surface area (TPSA) is 129 Å². The minimum atomic E-state index is -3.00. The van der Waals surface area contributed by atoms with Crippen molar-refractivity contribution in [3.8, 4) is 5.88 Å². The zero-order valence-corrected chi connectivity index (χ0v) is 13.9. The minimum Gasteiger partial charge on any atom is -0.476 e. The molecule has 3 rings (SSSR count). The van der Waals surface area contributed by atoms with Gasteiger partial charge in [0.15, 0.2) is 23.5 Å². The molecule has 0 aromatic carbocycles. The van der Waals surface area contributed by atoms with Crippen molar-refractivity contribution in [2.75, 3.05) is 18.9 Å². The Hall–Kier alpha value is -1.63. The van der Waals surface area contributed by atoms with Crippen LogP contribution >= 0.6 is 15.9 Å². The molecule has 0 spiro atoms. The van der Waals surface area contributed by atoms with Crippen molar-refractivity contribution in [1.82, 2.24) is 19.5 Å². The highest BCUT2D eigenvalue weighted by atomic mass is 79.9. The van der Waals surface area contributed by atoms with Crippen LogP contribution < -0.4 is 10.5 Å². The maximum atomic E-state index is 14.8. The van der Waals surface area contributed by atoms with Crippen LogP contribution in [-0.2, 0) is 4.74 Å². The first kappa shape index (κ1) is 17.2. The molecule has 2 aromatic rings. The van der Waals surface area contributed by atoms with Crippen LogP contribution in [0.2, 0.25) is 0 Å². The SMILES string of the molecule is CCOc1nc(N)nc2c1ncn2[C@@H]1O[C@](F)(CO)[C@@H](O)[C@]1(F)Br. The van der Waals surface area contributed by atoms with E-state index < -0.39 is 29.4 Å². The quantitative estimate of drug-likeness (QED) is 0.619. The molecule has 0 radical (unpaired) electrons.